The Morgan fingerprint density at radius 2 is 0.591 bits per heavy atom. The molecular formula is C22H36. The lowest BCUT2D eigenvalue weighted by atomic mass is 9.52. The monoisotopic (exact) mass is 300 g/mol. The smallest absolute Gasteiger partial charge is 0.0381 e. The van der Waals surface area contributed by atoms with Crippen LogP contribution in [0.5, 0.6) is 0 Å². The molecule has 8 saturated carbocycles. The second-order valence-corrected chi connectivity index (χ2v) is 10.6. The topological polar surface area (TPSA) is 0 Å². The van der Waals surface area contributed by atoms with Gasteiger partial charge in [0.05, 0.1) is 0 Å². The molecular weight excluding hydrogens is 264 g/mol. The van der Waals surface area contributed by atoms with Gasteiger partial charge in [-0.2, -0.15) is 0 Å². The quantitative estimate of drug-likeness (QED) is 0.503. The van der Waals surface area contributed by atoms with E-state index in [0.717, 1.165) is 59.2 Å². The Hall–Kier alpha value is 0. The standard InChI is InChI=1S/2C11H18/c2*1-7-10-3-8-2-9(5-10)6-11(7)4-8/h2*7-11H,2-6H2,1H3. The van der Waals surface area contributed by atoms with E-state index in [9.17, 15) is 0 Å². The van der Waals surface area contributed by atoms with Gasteiger partial charge in [-0.25, -0.2) is 0 Å². The third-order valence-corrected chi connectivity index (χ3v) is 9.40. The Balaban J connectivity index is 0.000000102. The predicted octanol–water partition coefficient (Wildman–Crippen LogP) is 6.16. The first-order chi connectivity index (χ1) is 10.7. The van der Waals surface area contributed by atoms with Crippen molar-refractivity contribution in [1.82, 2.24) is 0 Å². The third kappa shape index (κ3) is 2.30. The molecule has 0 aromatic heterocycles. The van der Waals surface area contributed by atoms with E-state index in [1.54, 1.807) is 64.2 Å². The first kappa shape index (κ1) is 14.4. The summed E-state index contributed by atoms with van der Waals surface area (Å²) in [7, 11) is 0. The molecule has 124 valence electrons. The van der Waals surface area contributed by atoms with Crippen LogP contribution in [0.4, 0.5) is 0 Å². The molecule has 0 spiro atoms. The van der Waals surface area contributed by atoms with E-state index in [1.807, 2.05) is 0 Å². The molecule has 0 heterocycles. The van der Waals surface area contributed by atoms with E-state index in [4.69, 9.17) is 0 Å². The van der Waals surface area contributed by atoms with Crippen molar-refractivity contribution in [1.29, 1.82) is 0 Å². The molecule has 0 amide bonds. The molecule has 0 aromatic carbocycles. The zero-order valence-electron chi connectivity index (χ0n) is 14.8. The average molecular weight is 301 g/mol. The molecule has 8 bridgehead atoms. The summed E-state index contributed by atoms with van der Waals surface area (Å²) in [6.45, 7) is 5.01. The molecule has 0 heteroatoms. The van der Waals surface area contributed by atoms with Crippen LogP contribution in [0.2, 0.25) is 0 Å². The fourth-order valence-electron chi connectivity index (χ4n) is 8.39. The summed E-state index contributed by atoms with van der Waals surface area (Å²) in [5.41, 5.74) is 0. The highest BCUT2D eigenvalue weighted by Gasteiger charge is 2.47. The third-order valence-electron chi connectivity index (χ3n) is 9.40. The van der Waals surface area contributed by atoms with Gasteiger partial charge in [0.1, 0.15) is 0 Å². The molecule has 0 N–H and O–H groups in total. The van der Waals surface area contributed by atoms with Crippen molar-refractivity contribution in [3.8, 4) is 0 Å². The van der Waals surface area contributed by atoms with Gasteiger partial charge in [-0.1, -0.05) is 13.8 Å². The van der Waals surface area contributed by atoms with Crippen molar-refractivity contribution >= 4 is 0 Å². The Labute approximate surface area is 137 Å². The van der Waals surface area contributed by atoms with Crippen LogP contribution in [0.3, 0.4) is 0 Å². The molecule has 0 unspecified atom stereocenters. The van der Waals surface area contributed by atoms with Gasteiger partial charge in [0.15, 0.2) is 0 Å². The van der Waals surface area contributed by atoms with Crippen molar-refractivity contribution in [2.45, 2.75) is 78.1 Å². The lowest BCUT2D eigenvalue weighted by molar-refractivity contribution is -0.0282. The summed E-state index contributed by atoms with van der Waals surface area (Å²) in [6.07, 6.45) is 15.9. The van der Waals surface area contributed by atoms with E-state index < -0.39 is 0 Å². The lowest BCUT2D eigenvalue weighted by Crippen LogP contribution is -2.43. The number of hydrogen-bond acceptors (Lipinski definition) is 0. The van der Waals surface area contributed by atoms with Gasteiger partial charge in [0, 0.05) is 0 Å². The highest BCUT2D eigenvalue weighted by molar-refractivity contribution is 4.97. The molecule has 0 aliphatic heterocycles. The maximum atomic E-state index is 2.51. The van der Waals surface area contributed by atoms with Crippen LogP contribution in [0, 0.1) is 59.2 Å². The molecule has 0 radical (unpaired) electrons. The minimum absolute atomic E-state index is 1.09. The first-order valence-electron chi connectivity index (χ1n) is 10.7. The summed E-state index contributed by atoms with van der Waals surface area (Å²) in [5.74, 6) is 11.4. The van der Waals surface area contributed by atoms with Crippen LogP contribution in [0.15, 0.2) is 0 Å². The molecule has 0 atom stereocenters. The second kappa shape index (κ2) is 5.25. The fraction of sp³-hybridized carbons (Fsp3) is 1.00. The minimum atomic E-state index is 1.09. The van der Waals surface area contributed by atoms with Gasteiger partial charge in [-0.3, -0.25) is 0 Å². The van der Waals surface area contributed by atoms with Gasteiger partial charge < -0.3 is 0 Å². The molecule has 8 aliphatic rings. The van der Waals surface area contributed by atoms with Crippen molar-refractivity contribution in [2.24, 2.45) is 59.2 Å². The van der Waals surface area contributed by atoms with Gasteiger partial charge in [0.2, 0.25) is 0 Å². The fourth-order valence-corrected chi connectivity index (χ4v) is 8.39. The molecule has 8 rings (SSSR count). The largest absolute Gasteiger partial charge is 0.0620 e. The Bertz CT molecular complexity index is 326. The van der Waals surface area contributed by atoms with Crippen LogP contribution < -0.4 is 0 Å². The Morgan fingerprint density at radius 1 is 0.364 bits per heavy atom. The highest BCUT2D eigenvalue weighted by atomic mass is 14.5. The lowest BCUT2D eigenvalue weighted by Gasteiger charge is -2.53. The van der Waals surface area contributed by atoms with Crippen molar-refractivity contribution < 1.29 is 0 Å². The van der Waals surface area contributed by atoms with E-state index in [1.165, 1.54) is 0 Å². The molecule has 8 aliphatic carbocycles. The summed E-state index contributed by atoms with van der Waals surface area (Å²) in [4.78, 5) is 0. The van der Waals surface area contributed by atoms with Crippen molar-refractivity contribution in [3.05, 3.63) is 0 Å². The SMILES string of the molecule is CC1C2CC3CC(C2)CC1C3.CC1C2CC3CC(C2)CC1C3. The Morgan fingerprint density at radius 3 is 0.818 bits per heavy atom. The summed E-state index contributed by atoms with van der Waals surface area (Å²) in [6, 6.07) is 0. The van der Waals surface area contributed by atoms with E-state index >= 15 is 0 Å². The molecule has 0 aromatic rings. The van der Waals surface area contributed by atoms with Crippen LogP contribution in [-0.4, -0.2) is 0 Å². The number of rotatable bonds is 0. The summed E-state index contributed by atoms with van der Waals surface area (Å²) < 4.78 is 0. The van der Waals surface area contributed by atoms with Crippen LogP contribution in [0.1, 0.15) is 78.1 Å². The highest BCUT2D eigenvalue weighted by Crippen LogP contribution is 2.57. The molecule has 0 nitrogen and oxygen atoms in total. The zero-order chi connectivity index (χ0) is 14.8. The first-order valence-corrected chi connectivity index (χ1v) is 10.7. The molecule has 8 fully saturated rings. The van der Waals surface area contributed by atoms with Crippen molar-refractivity contribution in [3.63, 3.8) is 0 Å². The van der Waals surface area contributed by atoms with Gasteiger partial charge in [0.25, 0.3) is 0 Å². The molecule has 22 heavy (non-hydrogen) atoms. The second-order valence-electron chi connectivity index (χ2n) is 10.6. The van der Waals surface area contributed by atoms with E-state index in [0.29, 0.717) is 0 Å². The van der Waals surface area contributed by atoms with Crippen molar-refractivity contribution in [2.75, 3.05) is 0 Å². The van der Waals surface area contributed by atoms with E-state index in [2.05, 4.69) is 13.8 Å². The molecule has 0 saturated heterocycles. The van der Waals surface area contributed by atoms with Gasteiger partial charge in [-0.05, 0) is 123 Å². The summed E-state index contributed by atoms with van der Waals surface area (Å²) >= 11 is 0. The Kier molecular flexibility index (Phi) is 3.42. The average Bonchev–Trinajstić information content (AvgIpc) is 2.49. The maximum absolute atomic E-state index is 2.51. The van der Waals surface area contributed by atoms with Crippen LogP contribution in [0.25, 0.3) is 0 Å². The predicted molar refractivity (Wildman–Crippen MR) is 92.4 cm³/mol. The maximum Gasteiger partial charge on any atom is -0.0381 e. The van der Waals surface area contributed by atoms with Crippen LogP contribution in [-0.2, 0) is 0 Å². The number of hydrogen-bond donors (Lipinski definition) is 0. The normalized spacial score (nSPS) is 60.3. The van der Waals surface area contributed by atoms with E-state index in [-0.39, 0.29) is 0 Å². The zero-order valence-corrected chi connectivity index (χ0v) is 14.8. The van der Waals surface area contributed by atoms with Crippen LogP contribution >= 0.6 is 0 Å². The minimum Gasteiger partial charge on any atom is -0.0620 e. The summed E-state index contributed by atoms with van der Waals surface area (Å²) in [5, 5.41) is 0. The van der Waals surface area contributed by atoms with Gasteiger partial charge in [-0.15, -0.1) is 0 Å². The van der Waals surface area contributed by atoms with Gasteiger partial charge >= 0.3 is 0 Å².